The number of esters is 1. The third-order valence-electron chi connectivity index (χ3n) is 1.51. The van der Waals surface area contributed by atoms with E-state index < -0.39 is 12.8 Å². The lowest BCUT2D eigenvalue weighted by atomic mass is 10.2. The quantitative estimate of drug-likeness (QED) is 0.555. The third kappa shape index (κ3) is 2.19. The van der Waals surface area contributed by atoms with E-state index in [9.17, 15) is 4.79 Å². The van der Waals surface area contributed by atoms with E-state index in [0.717, 1.165) is 0 Å². The number of benzene rings is 1. The number of aliphatic hydroxyl groups is 1. The van der Waals surface area contributed by atoms with Crippen molar-refractivity contribution in [2.75, 3.05) is 13.9 Å². The normalized spacial score (nSPS) is 9.38. The summed E-state index contributed by atoms with van der Waals surface area (Å²) in [5.41, 5.74) is 0.305. The van der Waals surface area contributed by atoms with E-state index in [2.05, 4.69) is 4.74 Å². The van der Waals surface area contributed by atoms with Gasteiger partial charge >= 0.3 is 5.97 Å². The molecule has 0 radical (unpaired) electrons. The van der Waals surface area contributed by atoms with Crippen molar-refractivity contribution in [2.24, 2.45) is 0 Å². The summed E-state index contributed by atoms with van der Waals surface area (Å²) in [4.78, 5) is 11.1. The van der Waals surface area contributed by atoms with Crippen LogP contribution < -0.4 is 4.74 Å². The Kier molecular flexibility index (Phi) is 3.28. The van der Waals surface area contributed by atoms with Crippen LogP contribution in [0.3, 0.4) is 0 Å². The molecule has 13 heavy (non-hydrogen) atoms. The first-order chi connectivity index (χ1) is 6.29. The zero-order chi connectivity index (χ0) is 9.68. The highest BCUT2D eigenvalue weighted by Crippen LogP contribution is 2.18. The lowest BCUT2D eigenvalue weighted by molar-refractivity contribution is 0.0582. The fourth-order valence-electron chi connectivity index (χ4n) is 0.941. The Hall–Kier alpha value is -1.55. The number of carbonyl (C=O) groups excluding carboxylic acids is 1. The predicted molar refractivity (Wildman–Crippen MR) is 45.5 cm³/mol. The molecule has 0 unspecified atom stereocenters. The average molecular weight is 182 g/mol. The zero-order valence-electron chi connectivity index (χ0n) is 7.19. The summed E-state index contributed by atoms with van der Waals surface area (Å²) in [7, 11) is 1.29. The molecule has 0 atom stereocenters. The highest BCUT2D eigenvalue weighted by Gasteiger charge is 2.11. The van der Waals surface area contributed by atoms with Crippen LogP contribution in [-0.4, -0.2) is 25.0 Å². The van der Waals surface area contributed by atoms with Crippen molar-refractivity contribution in [2.45, 2.75) is 0 Å². The molecule has 4 heteroatoms. The average Bonchev–Trinajstić information content (AvgIpc) is 2.18. The zero-order valence-corrected chi connectivity index (χ0v) is 7.19. The van der Waals surface area contributed by atoms with Crippen LogP contribution in [0.4, 0.5) is 0 Å². The number of methoxy groups -OCH3 is 1. The van der Waals surface area contributed by atoms with Crippen LogP contribution in [0, 0.1) is 0 Å². The Balaban J connectivity index is 2.97. The summed E-state index contributed by atoms with van der Waals surface area (Å²) in [6.45, 7) is -0.464. The molecule has 0 bridgehead atoms. The summed E-state index contributed by atoms with van der Waals surface area (Å²) in [5, 5.41) is 8.52. The SMILES string of the molecule is COC(=O)c1ccccc1OCO. The molecule has 0 aliphatic rings. The van der Waals surface area contributed by atoms with Crippen LogP contribution in [0.1, 0.15) is 10.4 Å². The standard InChI is InChI=1S/C9H10O4/c1-12-9(11)7-4-2-3-5-8(7)13-6-10/h2-5,10H,6H2,1H3. The first-order valence-electron chi connectivity index (χ1n) is 3.70. The van der Waals surface area contributed by atoms with Gasteiger partial charge in [0.15, 0.2) is 6.79 Å². The van der Waals surface area contributed by atoms with E-state index in [1.165, 1.54) is 7.11 Å². The third-order valence-corrected chi connectivity index (χ3v) is 1.51. The van der Waals surface area contributed by atoms with Gasteiger partial charge in [0, 0.05) is 0 Å². The molecule has 0 aromatic heterocycles. The van der Waals surface area contributed by atoms with Gasteiger partial charge in [-0.1, -0.05) is 12.1 Å². The van der Waals surface area contributed by atoms with Crippen molar-refractivity contribution in [3.05, 3.63) is 29.8 Å². The monoisotopic (exact) mass is 182 g/mol. The van der Waals surface area contributed by atoms with E-state index in [1.807, 2.05) is 0 Å². The summed E-state index contributed by atoms with van der Waals surface area (Å²) in [6, 6.07) is 6.55. The molecule has 1 aromatic carbocycles. The van der Waals surface area contributed by atoms with Crippen LogP contribution in [0.25, 0.3) is 0 Å². The largest absolute Gasteiger partial charge is 0.467 e. The second kappa shape index (κ2) is 4.47. The Bertz CT molecular complexity index is 295. The van der Waals surface area contributed by atoms with E-state index in [0.29, 0.717) is 11.3 Å². The summed E-state index contributed by atoms with van der Waals surface area (Å²) in [6.07, 6.45) is 0. The van der Waals surface area contributed by atoms with Crippen LogP contribution in [0.15, 0.2) is 24.3 Å². The number of carbonyl (C=O) groups is 1. The molecule has 0 saturated heterocycles. The second-order valence-corrected chi connectivity index (χ2v) is 2.26. The van der Waals surface area contributed by atoms with Crippen molar-refractivity contribution < 1.29 is 19.4 Å². The Morgan fingerprint density at radius 1 is 1.46 bits per heavy atom. The summed E-state index contributed by atoms with van der Waals surface area (Å²) >= 11 is 0. The minimum atomic E-state index is -0.482. The van der Waals surface area contributed by atoms with Crippen molar-refractivity contribution >= 4 is 5.97 Å². The van der Waals surface area contributed by atoms with Gasteiger partial charge in [0.2, 0.25) is 0 Å². The van der Waals surface area contributed by atoms with Crippen LogP contribution in [-0.2, 0) is 4.74 Å². The number of rotatable bonds is 3. The fourth-order valence-corrected chi connectivity index (χ4v) is 0.941. The van der Waals surface area contributed by atoms with Gasteiger partial charge in [-0.3, -0.25) is 0 Å². The molecule has 70 valence electrons. The minimum Gasteiger partial charge on any atom is -0.467 e. The van der Waals surface area contributed by atoms with E-state index >= 15 is 0 Å². The molecule has 1 rings (SSSR count). The summed E-state index contributed by atoms with van der Waals surface area (Å²) in [5.74, 6) is -0.166. The molecule has 0 heterocycles. The molecule has 0 saturated carbocycles. The van der Waals surface area contributed by atoms with Crippen molar-refractivity contribution in [3.8, 4) is 5.75 Å². The number of ether oxygens (including phenoxy) is 2. The first-order valence-corrected chi connectivity index (χ1v) is 3.70. The highest BCUT2D eigenvalue weighted by atomic mass is 16.6. The fraction of sp³-hybridized carbons (Fsp3) is 0.222. The molecule has 1 N–H and O–H groups in total. The lowest BCUT2D eigenvalue weighted by Crippen LogP contribution is -2.05. The Labute approximate surface area is 75.7 Å². The molecular weight excluding hydrogens is 172 g/mol. The van der Waals surface area contributed by atoms with Crippen LogP contribution in [0.2, 0.25) is 0 Å². The maximum Gasteiger partial charge on any atom is 0.341 e. The molecule has 0 spiro atoms. The van der Waals surface area contributed by atoms with Gasteiger partial charge in [-0.05, 0) is 12.1 Å². The predicted octanol–water partition coefficient (Wildman–Crippen LogP) is 0.802. The van der Waals surface area contributed by atoms with Gasteiger partial charge in [0.25, 0.3) is 0 Å². The van der Waals surface area contributed by atoms with Gasteiger partial charge in [0.1, 0.15) is 11.3 Å². The number of hydrogen-bond acceptors (Lipinski definition) is 4. The van der Waals surface area contributed by atoms with Gasteiger partial charge in [-0.2, -0.15) is 0 Å². The van der Waals surface area contributed by atoms with Gasteiger partial charge in [-0.25, -0.2) is 4.79 Å². The molecule has 1 aromatic rings. The number of hydrogen-bond donors (Lipinski definition) is 1. The number of para-hydroxylation sites is 1. The maximum absolute atomic E-state index is 11.1. The Morgan fingerprint density at radius 2 is 2.15 bits per heavy atom. The molecule has 4 nitrogen and oxygen atoms in total. The Morgan fingerprint density at radius 3 is 2.77 bits per heavy atom. The summed E-state index contributed by atoms with van der Waals surface area (Å²) < 4.78 is 9.34. The molecule has 0 aliphatic carbocycles. The molecule has 0 aliphatic heterocycles. The van der Waals surface area contributed by atoms with E-state index in [1.54, 1.807) is 24.3 Å². The topological polar surface area (TPSA) is 55.8 Å². The first kappa shape index (κ1) is 9.54. The van der Waals surface area contributed by atoms with Gasteiger partial charge in [0.05, 0.1) is 7.11 Å². The minimum absolute atomic E-state index is 0.305. The van der Waals surface area contributed by atoms with E-state index in [-0.39, 0.29) is 0 Å². The molecule has 0 fully saturated rings. The van der Waals surface area contributed by atoms with Crippen LogP contribution >= 0.6 is 0 Å². The van der Waals surface area contributed by atoms with E-state index in [4.69, 9.17) is 9.84 Å². The lowest BCUT2D eigenvalue weighted by Gasteiger charge is -2.06. The van der Waals surface area contributed by atoms with Crippen molar-refractivity contribution in [1.29, 1.82) is 0 Å². The van der Waals surface area contributed by atoms with Gasteiger partial charge in [-0.15, -0.1) is 0 Å². The van der Waals surface area contributed by atoms with Crippen molar-refractivity contribution in [1.82, 2.24) is 0 Å². The molecule has 0 amide bonds. The maximum atomic E-state index is 11.1. The highest BCUT2D eigenvalue weighted by molar-refractivity contribution is 5.92. The smallest absolute Gasteiger partial charge is 0.341 e. The van der Waals surface area contributed by atoms with Crippen molar-refractivity contribution in [3.63, 3.8) is 0 Å². The number of aliphatic hydroxyl groups excluding tert-OH is 1. The molecular formula is C9H10O4. The second-order valence-electron chi connectivity index (χ2n) is 2.26. The van der Waals surface area contributed by atoms with Gasteiger partial charge < -0.3 is 14.6 Å². The van der Waals surface area contributed by atoms with Crippen LogP contribution in [0.5, 0.6) is 5.75 Å².